The first-order valence-corrected chi connectivity index (χ1v) is 7.70. The molecule has 20 heavy (non-hydrogen) atoms. The lowest BCUT2D eigenvalue weighted by Gasteiger charge is -2.16. The van der Waals surface area contributed by atoms with Gasteiger partial charge < -0.3 is 19.7 Å². The molecule has 0 aromatic heterocycles. The van der Waals surface area contributed by atoms with Crippen molar-refractivity contribution in [2.45, 2.75) is 38.9 Å². The van der Waals surface area contributed by atoms with E-state index in [2.05, 4.69) is 22.9 Å². The van der Waals surface area contributed by atoms with Crippen LogP contribution in [0.2, 0.25) is 0 Å². The molecule has 0 aliphatic heterocycles. The average Bonchev–Trinajstić information content (AvgIpc) is 2.41. The summed E-state index contributed by atoms with van der Waals surface area (Å²) in [6.07, 6.45) is 0.775. The van der Waals surface area contributed by atoms with E-state index in [1.165, 1.54) is 0 Å². The first kappa shape index (κ1) is 17.4. The van der Waals surface area contributed by atoms with Crippen LogP contribution in [0.5, 0.6) is 5.75 Å². The first-order chi connectivity index (χ1) is 9.54. The van der Waals surface area contributed by atoms with Crippen molar-refractivity contribution in [3.8, 4) is 5.75 Å². The molecule has 1 unspecified atom stereocenters. The molecule has 0 aliphatic rings. The minimum absolute atomic E-state index is 0.141. The lowest BCUT2D eigenvalue weighted by Crippen LogP contribution is -2.24. The summed E-state index contributed by atoms with van der Waals surface area (Å²) < 4.78 is 11.8. The molecule has 1 aromatic rings. The molecular formula is C15H23BrO4. The smallest absolute Gasteiger partial charge is 0.126 e. The summed E-state index contributed by atoms with van der Waals surface area (Å²) in [4.78, 5) is 0. The maximum atomic E-state index is 9.78. The van der Waals surface area contributed by atoms with Crippen LogP contribution in [-0.4, -0.2) is 36.1 Å². The Morgan fingerprint density at radius 2 is 2.00 bits per heavy atom. The predicted octanol–water partition coefficient (Wildman–Crippen LogP) is 3.06. The average molecular weight is 347 g/mol. The van der Waals surface area contributed by atoms with Crippen molar-refractivity contribution in [1.29, 1.82) is 0 Å². The highest BCUT2D eigenvalue weighted by atomic mass is 79.9. The van der Waals surface area contributed by atoms with Crippen LogP contribution < -0.4 is 4.74 Å². The fourth-order valence-corrected chi connectivity index (χ4v) is 2.02. The normalized spacial score (nSPS) is 14.1. The molecule has 0 aliphatic carbocycles. The van der Waals surface area contributed by atoms with Crippen molar-refractivity contribution in [2.24, 2.45) is 0 Å². The topological polar surface area (TPSA) is 58.9 Å². The van der Waals surface area contributed by atoms with Gasteiger partial charge in [-0.25, -0.2) is 0 Å². The molecular weight excluding hydrogens is 324 g/mol. The molecule has 1 aromatic carbocycles. The zero-order chi connectivity index (χ0) is 15.0. The van der Waals surface area contributed by atoms with Crippen molar-refractivity contribution < 1.29 is 19.7 Å². The molecule has 0 fully saturated rings. The summed E-state index contributed by atoms with van der Waals surface area (Å²) in [5.74, 6) is 0.571. The van der Waals surface area contributed by atoms with Crippen molar-refractivity contribution >= 4 is 15.9 Å². The van der Waals surface area contributed by atoms with E-state index in [-0.39, 0.29) is 13.2 Å². The van der Waals surface area contributed by atoms with E-state index < -0.39 is 12.2 Å². The number of rotatable bonds is 9. The molecule has 0 bridgehead atoms. The van der Waals surface area contributed by atoms with Crippen LogP contribution >= 0.6 is 15.9 Å². The van der Waals surface area contributed by atoms with Gasteiger partial charge in [-0.05, 0) is 25.5 Å². The summed E-state index contributed by atoms with van der Waals surface area (Å²) in [7, 11) is 0. The van der Waals surface area contributed by atoms with Crippen LogP contribution in [0.25, 0.3) is 0 Å². The zero-order valence-corrected chi connectivity index (χ0v) is 13.6. The maximum absolute atomic E-state index is 9.78. The lowest BCUT2D eigenvalue weighted by molar-refractivity contribution is 0.0107. The quantitative estimate of drug-likeness (QED) is 0.674. The van der Waals surface area contributed by atoms with E-state index in [0.717, 1.165) is 17.3 Å². The Balaban J connectivity index is 2.46. The van der Waals surface area contributed by atoms with Crippen LogP contribution in [0.1, 0.15) is 38.4 Å². The van der Waals surface area contributed by atoms with Crippen LogP contribution in [0.4, 0.5) is 0 Å². The van der Waals surface area contributed by atoms with E-state index in [9.17, 15) is 10.2 Å². The van der Waals surface area contributed by atoms with Crippen LogP contribution in [0.15, 0.2) is 22.7 Å². The Hall–Kier alpha value is -0.620. The van der Waals surface area contributed by atoms with Gasteiger partial charge in [0.15, 0.2) is 0 Å². The molecule has 4 nitrogen and oxygen atoms in total. The molecule has 2 atom stereocenters. The van der Waals surface area contributed by atoms with Gasteiger partial charge in [-0.3, -0.25) is 0 Å². The van der Waals surface area contributed by atoms with E-state index in [1.807, 2.05) is 6.07 Å². The molecule has 0 amide bonds. The van der Waals surface area contributed by atoms with Crippen molar-refractivity contribution in [2.75, 3.05) is 19.8 Å². The van der Waals surface area contributed by atoms with Crippen LogP contribution in [0, 0.1) is 0 Å². The third kappa shape index (κ3) is 6.22. The molecule has 114 valence electrons. The molecule has 0 heterocycles. The minimum atomic E-state index is -0.673. The summed E-state index contributed by atoms with van der Waals surface area (Å²) in [6, 6.07) is 5.43. The van der Waals surface area contributed by atoms with Gasteiger partial charge in [0.1, 0.15) is 18.5 Å². The Labute approximate surface area is 128 Å². The van der Waals surface area contributed by atoms with Crippen LogP contribution in [-0.2, 0) is 4.74 Å². The number of aliphatic hydroxyl groups excluding tert-OH is 2. The van der Waals surface area contributed by atoms with E-state index in [0.29, 0.717) is 17.9 Å². The summed E-state index contributed by atoms with van der Waals surface area (Å²) in [5, 5.41) is 19.5. The first-order valence-electron chi connectivity index (χ1n) is 6.90. The maximum Gasteiger partial charge on any atom is 0.126 e. The SMILES string of the molecule is CCCCOCC(O)COc1cc(Br)ccc1[C@H](C)O. The summed E-state index contributed by atoms with van der Waals surface area (Å²) >= 11 is 3.36. The molecule has 1 rings (SSSR count). The molecule has 0 saturated heterocycles. The highest BCUT2D eigenvalue weighted by Gasteiger charge is 2.12. The van der Waals surface area contributed by atoms with Gasteiger partial charge >= 0.3 is 0 Å². The second-order valence-corrected chi connectivity index (χ2v) is 5.67. The number of aliphatic hydroxyl groups is 2. The van der Waals surface area contributed by atoms with E-state index in [1.54, 1.807) is 19.1 Å². The monoisotopic (exact) mass is 346 g/mol. The lowest BCUT2D eigenvalue weighted by atomic mass is 10.1. The number of hydrogen-bond acceptors (Lipinski definition) is 4. The largest absolute Gasteiger partial charge is 0.490 e. The van der Waals surface area contributed by atoms with Crippen molar-refractivity contribution in [1.82, 2.24) is 0 Å². The zero-order valence-electron chi connectivity index (χ0n) is 12.0. The van der Waals surface area contributed by atoms with E-state index >= 15 is 0 Å². The number of ether oxygens (including phenoxy) is 2. The molecule has 2 N–H and O–H groups in total. The van der Waals surface area contributed by atoms with E-state index in [4.69, 9.17) is 9.47 Å². The molecule has 5 heteroatoms. The fourth-order valence-electron chi connectivity index (χ4n) is 1.68. The standard InChI is InChI=1S/C15H23BrO4/c1-3-4-7-19-9-13(18)10-20-15-8-12(16)5-6-14(15)11(2)17/h5-6,8,11,13,17-18H,3-4,7,9-10H2,1-2H3/t11-,13?/m0/s1. The second kappa shape index (κ2) is 9.34. The van der Waals surface area contributed by atoms with Gasteiger partial charge in [0.05, 0.1) is 12.7 Å². The number of unbranched alkanes of at least 4 members (excludes halogenated alkanes) is 1. The Kier molecular flexibility index (Phi) is 8.14. The minimum Gasteiger partial charge on any atom is -0.490 e. The van der Waals surface area contributed by atoms with Crippen molar-refractivity contribution in [3.05, 3.63) is 28.2 Å². The summed E-state index contributed by atoms with van der Waals surface area (Å²) in [6.45, 7) is 4.83. The molecule has 0 spiro atoms. The third-order valence-electron chi connectivity index (χ3n) is 2.81. The molecule has 0 radical (unpaired) electrons. The Bertz CT molecular complexity index is 395. The Morgan fingerprint density at radius 1 is 1.25 bits per heavy atom. The highest BCUT2D eigenvalue weighted by Crippen LogP contribution is 2.28. The third-order valence-corrected chi connectivity index (χ3v) is 3.30. The fraction of sp³-hybridized carbons (Fsp3) is 0.600. The van der Waals surface area contributed by atoms with Gasteiger partial charge in [0, 0.05) is 16.6 Å². The predicted molar refractivity (Wildman–Crippen MR) is 82.0 cm³/mol. The highest BCUT2D eigenvalue weighted by molar-refractivity contribution is 9.10. The number of halogens is 1. The van der Waals surface area contributed by atoms with Gasteiger partial charge in [-0.2, -0.15) is 0 Å². The molecule has 0 saturated carbocycles. The van der Waals surface area contributed by atoms with Gasteiger partial charge in [0.25, 0.3) is 0 Å². The van der Waals surface area contributed by atoms with Gasteiger partial charge in [0.2, 0.25) is 0 Å². The van der Waals surface area contributed by atoms with Crippen LogP contribution in [0.3, 0.4) is 0 Å². The second-order valence-electron chi connectivity index (χ2n) is 4.75. The van der Waals surface area contributed by atoms with Crippen molar-refractivity contribution in [3.63, 3.8) is 0 Å². The number of hydrogen-bond donors (Lipinski definition) is 2. The Morgan fingerprint density at radius 3 is 2.65 bits per heavy atom. The number of benzene rings is 1. The van der Waals surface area contributed by atoms with Gasteiger partial charge in [-0.15, -0.1) is 0 Å². The summed E-state index contributed by atoms with van der Waals surface area (Å²) in [5.41, 5.74) is 0.701. The van der Waals surface area contributed by atoms with Gasteiger partial charge in [-0.1, -0.05) is 35.3 Å².